The maximum absolute atomic E-state index is 14.0. The van der Waals surface area contributed by atoms with Crippen LogP contribution in [-0.4, -0.2) is 7.05 Å². The van der Waals surface area contributed by atoms with E-state index < -0.39 is 5.82 Å². The summed E-state index contributed by atoms with van der Waals surface area (Å²) in [7, 11) is 1.83. The lowest BCUT2D eigenvalue weighted by molar-refractivity contribution is 0.441. The summed E-state index contributed by atoms with van der Waals surface area (Å²) in [5, 5.41) is 3.51. The Balaban J connectivity index is 2.25. The van der Waals surface area contributed by atoms with Gasteiger partial charge in [0.15, 0.2) is 11.6 Å². The van der Waals surface area contributed by atoms with Crippen LogP contribution in [0.15, 0.2) is 42.5 Å². The van der Waals surface area contributed by atoms with E-state index in [0.29, 0.717) is 10.8 Å². The highest BCUT2D eigenvalue weighted by Gasteiger charge is 2.10. The molecule has 0 spiro atoms. The van der Waals surface area contributed by atoms with Gasteiger partial charge in [-0.05, 0) is 43.8 Å². The summed E-state index contributed by atoms with van der Waals surface area (Å²) in [5.74, 6) is 0.206. The van der Waals surface area contributed by atoms with Gasteiger partial charge in [0.1, 0.15) is 5.75 Å². The second-order valence-corrected chi connectivity index (χ2v) is 4.64. The van der Waals surface area contributed by atoms with Crippen LogP contribution in [0.1, 0.15) is 18.5 Å². The number of nitrogens with one attached hydrogen (secondary N) is 1. The summed E-state index contributed by atoms with van der Waals surface area (Å²) in [6.07, 6.45) is 0. The van der Waals surface area contributed by atoms with Crippen molar-refractivity contribution in [1.82, 2.24) is 5.32 Å². The van der Waals surface area contributed by atoms with E-state index in [-0.39, 0.29) is 11.8 Å². The first-order valence-electron chi connectivity index (χ1n) is 6.01. The van der Waals surface area contributed by atoms with E-state index in [4.69, 9.17) is 16.3 Å². The van der Waals surface area contributed by atoms with Gasteiger partial charge in [0.25, 0.3) is 0 Å². The van der Waals surface area contributed by atoms with Crippen molar-refractivity contribution in [3.63, 3.8) is 0 Å². The second kappa shape index (κ2) is 6.04. The Morgan fingerprint density at radius 1 is 1.16 bits per heavy atom. The summed E-state index contributed by atoms with van der Waals surface area (Å²) in [4.78, 5) is 0. The van der Waals surface area contributed by atoms with Crippen LogP contribution in [0, 0.1) is 5.82 Å². The van der Waals surface area contributed by atoms with Crippen LogP contribution in [0.2, 0.25) is 5.02 Å². The molecule has 19 heavy (non-hydrogen) atoms. The molecule has 0 saturated carbocycles. The van der Waals surface area contributed by atoms with Crippen molar-refractivity contribution in [2.45, 2.75) is 13.0 Å². The molecule has 0 radical (unpaired) electrons. The molecule has 0 aliphatic carbocycles. The number of halogens is 2. The van der Waals surface area contributed by atoms with E-state index in [2.05, 4.69) is 5.32 Å². The first-order chi connectivity index (χ1) is 9.11. The molecule has 1 N–H and O–H groups in total. The molecule has 100 valence electrons. The van der Waals surface area contributed by atoms with Crippen molar-refractivity contribution in [3.8, 4) is 11.5 Å². The molecule has 0 aromatic heterocycles. The fourth-order valence-electron chi connectivity index (χ4n) is 1.68. The fourth-order valence-corrected chi connectivity index (χ4v) is 1.86. The number of para-hydroxylation sites is 1. The first kappa shape index (κ1) is 13.8. The minimum Gasteiger partial charge on any atom is -0.453 e. The lowest BCUT2D eigenvalue weighted by Crippen LogP contribution is -2.12. The molecule has 4 heteroatoms. The van der Waals surface area contributed by atoms with Crippen LogP contribution in [0.3, 0.4) is 0 Å². The van der Waals surface area contributed by atoms with Gasteiger partial charge in [-0.2, -0.15) is 0 Å². The predicted octanol–water partition coefficient (Wildman–Crippen LogP) is 4.55. The molecular formula is C15H15ClFNO. The highest BCUT2D eigenvalue weighted by atomic mass is 35.5. The van der Waals surface area contributed by atoms with Crippen molar-refractivity contribution in [1.29, 1.82) is 0 Å². The van der Waals surface area contributed by atoms with Crippen LogP contribution in [-0.2, 0) is 0 Å². The molecular weight excluding hydrogens is 265 g/mol. The highest BCUT2D eigenvalue weighted by molar-refractivity contribution is 6.32. The van der Waals surface area contributed by atoms with Gasteiger partial charge >= 0.3 is 0 Å². The van der Waals surface area contributed by atoms with Gasteiger partial charge in [0.2, 0.25) is 0 Å². The summed E-state index contributed by atoms with van der Waals surface area (Å²) < 4.78 is 19.4. The molecule has 2 rings (SSSR count). The third-order valence-corrected chi connectivity index (χ3v) is 3.26. The first-order valence-corrected chi connectivity index (χ1v) is 6.38. The van der Waals surface area contributed by atoms with Gasteiger partial charge in [0.05, 0.1) is 5.02 Å². The van der Waals surface area contributed by atoms with Gasteiger partial charge in [-0.25, -0.2) is 4.39 Å². The largest absolute Gasteiger partial charge is 0.453 e. The lowest BCUT2D eigenvalue weighted by Gasteiger charge is -2.13. The minimum atomic E-state index is -0.403. The molecule has 0 amide bonds. The molecule has 0 aliphatic rings. The molecule has 0 bridgehead atoms. The SMILES string of the molecule is CNC(C)c1ccc(Oc2ccccc2Cl)c(F)c1. The molecule has 2 nitrogen and oxygen atoms in total. The third-order valence-electron chi connectivity index (χ3n) is 2.95. The quantitative estimate of drug-likeness (QED) is 0.886. The Kier molecular flexibility index (Phi) is 4.40. The maximum atomic E-state index is 14.0. The topological polar surface area (TPSA) is 21.3 Å². The average Bonchev–Trinajstić information content (AvgIpc) is 2.42. The molecule has 1 atom stereocenters. The summed E-state index contributed by atoms with van der Waals surface area (Å²) in [6, 6.07) is 12.0. The fraction of sp³-hybridized carbons (Fsp3) is 0.200. The zero-order valence-corrected chi connectivity index (χ0v) is 11.5. The van der Waals surface area contributed by atoms with Crippen LogP contribution in [0.25, 0.3) is 0 Å². The van der Waals surface area contributed by atoms with E-state index >= 15 is 0 Å². The van der Waals surface area contributed by atoms with Crippen molar-refractivity contribution in [2.75, 3.05) is 7.05 Å². The maximum Gasteiger partial charge on any atom is 0.166 e. The van der Waals surface area contributed by atoms with Gasteiger partial charge in [-0.1, -0.05) is 29.8 Å². The van der Waals surface area contributed by atoms with Gasteiger partial charge in [0, 0.05) is 6.04 Å². The Hall–Kier alpha value is -1.58. The minimum absolute atomic E-state index is 0.0869. The van der Waals surface area contributed by atoms with Crippen LogP contribution >= 0.6 is 11.6 Å². The van der Waals surface area contributed by atoms with Gasteiger partial charge < -0.3 is 10.1 Å². The van der Waals surface area contributed by atoms with Crippen molar-refractivity contribution < 1.29 is 9.13 Å². The average molecular weight is 280 g/mol. The standard InChI is InChI=1S/C15H15ClFNO/c1-10(18-2)11-7-8-15(13(17)9-11)19-14-6-4-3-5-12(14)16/h3-10,18H,1-2H3. The van der Waals surface area contributed by atoms with Crippen molar-refractivity contribution >= 4 is 11.6 Å². The number of ether oxygens (including phenoxy) is 1. The van der Waals surface area contributed by atoms with Crippen LogP contribution < -0.4 is 10.1 Å². The molecule has 0 fully saturated rings. The Bertz CT molecular complexity index is 574. The summed E-state index contributed by atoms with van der Waals surface area (Å²) >= 11 is 5.97. The molecule has 0 heterocycles. The molecule has 2 aromatic carbocycles. The predicted molar refractivity (Wildman–Crippen MR) is 75.4 cm³/mol. The van der Waals surface area contributed by atoms with Gasteiger partial charge in [-0.15, -0.1) is 0 Å². The van der Waals surface area contributed by atoms with E-state index in [1.54, 1.807) is 30.3 Å². The normalized spacial score (nSPS) is 12.2. The summed E-state index contributed by atoms with van der Waals surface area (Å²) in [5.41, 5.74) is 0.867. The van der Waals surface area contributed by atoms with Crippen LogP contribution in [0.5, 0.6) is 11.5 Å². The molecule has 2 aromatic rings. The lowest BCUT2D eigenvalue weighted by atomic mass is 10.1. The second-order valence-electron chi connectivity index (χ2n) is 4.23. The number of hydrogen-bond acceptors (Lipinski definition) is 2. The number of benzene rings is 2. The van der Waals surface area contributed by atoms with Crippen molar-refractivity contribution in [3.05, 3.63) is 58.9 Å². The zero-order valence-electron chi connectivity index (χ0n) is 10.8. The Labute approximate surface area is 117 Å². The molecule has 1 unspecified atom stereocenters. The van der Waals surface area contributed by atoms with E-state index in [9.17, 15) is 4.39 Å². The van der Waals surface area contributed by atoms with E-state index in [1.165, 1.54) is 6.07 Å². The Morgan fingerprint density at radius 3 is 2.53 bits per heavy atom. The van der Waals surface area contributed by atoms with Crippen molar-refractivity contribution in [2.24, 2.45) is 0 Å². The number of rotatable bonds is 4. The molecule has 0 saturated heterocycles. The zero-order chi connectivity index (χ0) is 13.8. The van der Waals surface area contributed by atoms with Crippen LogP contribution in [0.4, 0.5) is 4.39 Å². The number of hydrogen-bond donors (Lipinski definition) is 1. The monoisotopic (exact) mass is 279 g/mol. The third kappa shape index (κ3) is 3.25. The van der Waals surface area contributed by atoms with Gasteiger partial charge in [-0.3, -0.25) is 0 Å². The summed E-state index contributed by atoms with van der Waals surface area (Å²) in [6.45, 7) is 1.96. The highest BCUT2D eigenvalue weighted by Crippen LogP contribution is 2.31. The molecule has 0 aliphatic heterocycles. The van der Waals surface area contributed by atoms with E-state index in [0.717, 1.165) is 5.56 Å². The smallest absolute Gasteiger partial charge is 0.166 e. The Morgan fingerprint density at radius 2 is 1.89 bits per heavy atom. The van der Waals surface area contributed by atoms with E-state index in [1.807, 2.05) is 20.0 Å².